The lowest BCUT2D eigenvalue weighted by Crippen LogP contribution is -2.69. The Morgan fingerprint density at radius 1 is 0.712 bits per heavy atom. The van der Waals surface area contributed by atoms with E-state index in [2.05, 4.69) is 10.6 Å². The Bertz CT molecular complexity index is 1110. The fourth-order valence-electron chi connectivity index (χ4n) is 6.11. The molecule has 3 aliphatic rings. The zero-order valence-corrected chi connectivity index (χ0v) is 29.1. The van der Waals surface area contributed by atoms with Gasteiger partial charge in [-0.05, 0) is 13.8 Å². The molecule has 0 radical (unpaired) electrons. The van der Waals surface area contributed by atoms with Crippen molar-refractivity contribution in [3.05, 3.63) is 0 Å². The second-order valence-corrected chi connectivity index (χ2v) is 13.0. The van der Waals surface area contributed by atoms with Crippen LogP contribution in [0.3, 0.4) is 0 Å². The average Bonchev–Trinajstić information content (AvgIpc) is 3.09. The molecule has 0 aromatic heterocycles. The van der Waals surface area contributed by atoms with Gasteiger partial charge in [-0.15, -0.1) is 0 Å². The number of hydrogen-bond acceptors (Lipinski definition) is 20. The minimum atomic E-state index is -1.93. The summed E-state index contributed by atoms with van der Waals surface area (Å²) in [6.45, 7) is 1.17. The Hall–Kier alpha value is -1.78. The predicted octanol–water partition coefficient (Wildman–Crippen LogP) is -7.75. The van der Waals surface area contributed by atoms with Crippen LogP contribution in [0.5, 0.6) is 0 Å². The van der Waals surface area contributed by atoms with Crippen LogP contribution in [0.2, 0.25) is 0 Å². The van der Waals surface area contributed by atoms with Crippen molar-refractivity contribution >= 4 is 11.8 Å². The Labute approximate surface area is 298 Å². The van der Waals surface area contributed by atoms with Crippen molar-refractivity contribution in [2.24, 2.45) is 0 Å². The van der Waals surface area contributed by atoms with Crippen molar-refractivity contribution in [2.75, 3.05) is 33.0 Å². The number of aliphatic hydroxyl groups is 11. The summed E-state index contributed by atoms with van der Waals surface area (Å²) in [6, 6.07) is -2.55. The van der Waals surface area contributed by atoms with E-state index in [-0.39, 0.29) is 0 Å². The van der Waals surface area contributed by atoms with Gasteiger partial charge in [0.2, 0.25) is 11.8 Å². The SMILES string of the molecule is CC(=O)N[C@H]1C(O)[C@H](O[C@H](OC(CO)[C@H](C)O)[C@H](O)CO[C@H]2O[C@H](CO)[C@@H](O)C(O)C2O)C(CO)O[C@H]1O[C@@H]1C(CO)O[C@@H](C)[C@@H](NC(C)=O)C1O. The zero-order chi connectivity index (χ0) is 39.0. The Morgan fingerprint density at radius 2 is 1.25 bits per heavy atom. The van der Waals surface area contributed by atoms with Crippen molar-refractivity contribution in [2.45, 2.75) is 144 Å². The zero-order valence-electron chi connectivity index (χ0n) is 29.1. The van der Waals surface area contributed by atoms with Gasteiger partial charge in [-0.25, -0.2) is 0 Å². The number of amides is 2. The van der Waals surface area contributed by atoms with Crippen molar-refractivity contribution in [3.8, 4) is 0 Å². The van der Waals surface area contributed by atoms with E-state index in [1.807, 2.05) is 0 Å². The maximum absolute atomic E-state index is 12.3. The summed E-state index contributed by atoms with van der Waals surface area (Å²) in [4.78, 5) is 24.1. The molecule has 3 aliphatic heterocycles. The van der Waals surface area contributed by atoms with Crippen LogP contribution in [0.1, 0.15) is 27.7 Å². The minimum absolute atomic E-state index is 0.502. The summed E-state index contributed by atoms with van der Waals surface area (Å²) in [5, 5.41) is 119. The standard InChI is InChI=1S/C30H54N2O20/c1-10(37)15(5-33)48-28(14(40)9-46-30-25(45)24(44)21(41)16(6-34)49-30)51-27-18(8-36)50-29(20(23(27)43)32-13(4)39)52-26-17(7-35)47-11(2)19(22(26)42)31-12(3)38/h10-11,14-30,33-37,40-45H,5-9H2,1-4H3,(H,31,38)(H,32,39)/t10-,11-,14+,15?,16+,17?,18?,19+,20-,21+,22?,23?,24?,25?,26+,27+,28-,29-,30-/m0/s1. The summed E-state index contributed by atoms with van der Waals surface area (Å²) < 4.78 is 39.8. The molecule has 7 unspecified atom stereocenters. The molecular formula is C30H54N2O20. The monoisotopic (exact) mass is 762 g/mol. The molecule has 0 saturated carbocycles. The van der Waals surface area contributed by atoms with Crippen molar-refractivity contribution in [1.82, 2.24) is 10.6 Å². The van der Waals surface area contributed by atoms with Gasteiger partial charge < -0.3 is 100.0 Å². The Morgan fingerprint density at radius 3 is 1.79 bits per heavy atom. The van der Waals surface area contributed by atoms with Gasteiger partial charge in [0.15, 0.2) is 18.9 Å². The summed E-state index contributed by atoms with van der Waals surface area (Å²) in [7, 11) is 0. The van der Waals surface area contributed by atoms with Crippen LogP contribution in [-0.2, 0) is 42.7 Å². The number of rotatable bonds is 17. The number of carbonyl (C=O) groups is 2. The molecule has 0 aromatic carbocycles. The van der Waals surface area contributed by atoms with Crippen LogP contribution in [-0.4, -0.2) is 217 Å². The molecule has 3 rings (SSSR count). The molecule has 304 valence electrons. The van der Waals surface area contributed by atoms with Gasteiger partial charge in [0.25, 0.3) is 0 Å². The molecular weight excluding hydrogens is 708 g/mol. The second kappa shape index (κ2) is 20.2. The van der Waals surface area contributed by atoms with Crippen LogP contribution in [0.15, 0.2) is 0 Å². The highest BCUT2D eigenvalue weighted by Crippen LogP contribution is 2.32. The van der Waals surface area contributed by atoms with E-state index in [0.29, 0.717) is 0 Å². The first-order chi connectivity index (χ1) is 24.5. The third-order valence-corrected chi connectivity index (χ3v) is 8.94. The molecule has 13 N–H and O–H groups in total. The number of nitrogens with one attached hydrogen (secondary N) is 2. The fourth-order valence-corrected chi connectivity index (χ4v) is 6.11. The smallest absolute Gasteiger partial charge is 0.217 e. The normalized spacial score (nSPS) is 40.7. The third kappa shape index (κ3) is 10.9. The van der Waals surface area contributed by atoms with Gasteiger partial charge in [0.1, 0.15) is 79.3 Å². The lowest BCUT2D eigenvalue weighted by Gasteiger charge is -2.49. The number of carbonyl (C=O) groups excluding carboxylic acids is 2. The molecule has 22 heteroatoms. The molecule has 0 spiro atoms. The Kier molecular flexibility index (Phi) is 17.4. The van der Waals surface area contributed by atoms with Gasteiger partial charge in [0, 0.05) is 13.8 Å². The summed E-state index contributed by atoms with van der Waals surface area (Å²) >= 11 is 0. The van der Waals surface area contributed by atoms with E-state index in [1.165, 1.54) is 13.8 Å². The largest absolute Gasteiger partial charge is 0.394 e. The van der Waals surface area contributed by atoms with Crippen LogP contribution < -0.4 is 10.6 Å². The van der Waals surface area contributed by atoms with Gasteiger partial charge in [-0.1, -0.05) is 0 Å². The summed E-state index contributed by atoms with van der Waals surface area (Å²) in [5.74, 6) is -1.21. The average molecular weight is 763 g/mol. The third-order valence-electron chi connectivity index (χ3n) is 8.94. The van der Waals surface area contributed by atoms with Crippen LogP contribution in [0.4, 0.5) is 0 Å². The van der Waals surface area contributed by atoms with Crippen molar-refractivity contribution in [3.63, 3.8) is 0 Å². The first-order valence-corrected chi connectivity index (χ1v) is 16.8. The molecule has 3 heterocycles. The summed E-state index contributed by atoms with van der Waals surface area (Å²) in [5.41, 5.74) is 0. The second-order valence-electron chi connectivity index (χ2n) is 13.0. The van der Waals surface area contributed by atoms with Gasteiger partial charge >= 0.3 is 0 Å². The lowest BCUT2D eigenvalue weighted by molar-refractivity contribution is -0.346. The quantitative estimate of drug-likeness (QED) is 0.0612. The fraction of sp³-hybridized carbons (Fsp3) is 0.933. The van der Waals surface area contributed by atoms with E-state index < -0.39 is 161 Å². The number of ether oxygens (including phenoxy) is 7. The summed E-state index contributed by atoms with van der Waals surface area (Å²) in [6.07, 6.45) is -26.6. The van der Waals surface area contributed by atoms with Gasteiger partial charge in [0.05, 0.1) is 51.3 Å². The molecule has 0 bridgehead atoms. The first kappa shape index (κ1) is 44.6. The maximum atomic E-state index is 12.3. The van der Waals surface area contributed by atoms with E-state index in [0.717, 1.165) is 6.92 Å². The topological polar surface area (TPSA) is 345 Å². The molecule has 3 fully saturated rings. The van der Waals surface area contributed by atoms with Crippen molar-refractivity contribution < 1.29 is 98.9 Å². The molecule has 2 amide bonds. The molecule has 0 aromatic rings. The highest BCUT2D eigenvalue weighted by Gasteiger charge is 2.53. The highest BCUT2D eigenvalue weighted by molar-refractivity contribution is 5.73. The Balaban J connectivity index is 1.87. The van der Waals surface area contributed by atoms with Crippen LogP contribution in [0, 0.1) is 0 Å². The van der Waals surface area contributed by atoms with Gasteiger partial charge in [-0.3, -0.25) is 9.59 Å². The lowest BCUT2D eigenvalue weighted by atomic mass is 9.92. The molecule has 22 nitrogen and oxygen atoms in total. The highest BCUT2D eigenvalue weighted by atomic mass is 16.7. The number of hydrogen-bond donors (Lipinski definition) is 13. The van der Waals surface area contributed by atoms with Crippen LogP contribution >= 0.6 is 0 Å². The van der Waals surface area contributed by atoms with E-state index in [1.54, 1.807) is 6.92 Å². The van der Waals surface area contributed by atoms with Crippen molar-refractivity contribution in [1.29, 1.82) is 0 Å². The molecule has 19 atom stereocenters. The molecule has 3 saturated heterocycles. The van der Waals surface area contributed by atoms with E-state index in [4.69, 9.17) is 33.2 Å². The molecule has 0 aliphatic carbocycles. The maximum Gasteiger partial charge on any atom is 0.217 e. The van der Waals surface area contributed by atoms with Crippen LogP contribution in [0.25, 0.3) is 0 Å². The molecule has 52 heavy (non-hydrogen) atoms. The number of aliphatic hydroxyl groups excluding tert-OH is 11. The van der Waals surface area contributed by atoms with E-state index in [9.17, 15) is 65.8 Å². The predicted molar refractivity (Wildman–Crippen MR) is 167 cm³/mol. The minimum Gasteiger partial charge on any atom is -0.394 e. The first-order valence-electron chi connectivity index (χ1n) is 16.8. The van der Waals surface area contributed by atoms with Gasteiger partial charge in [-0.2, -0.15) is 0 Å². The van der Waals surface area contributed by atoms with E-state index >= 15 is 0 Å².